The summed E-state index contributed by atoms with van der Waals surface area (Å²) in [5, 5.41) is 8.93. The molecule has 0 saturated carbocycles. The summed E-state index contributed by atoms with van der Waals surface area (Å²) in [6.07, 6.45) is 13.6. The number of pyridine rings is 1. The molecule has 1 aromatic carbocycles. The molecular weight excluding hydrogens is 414 g/mol. The van der Waals surface area contributed by atoms with Gasteiger partial charge in [0.05, 0.1) is 6.04 Å². The Morgan fingerprint density at radius 2 is 1.97 bits per heavy atom. The van der Waals surface area contributed by atoms with Crippen molar-refractivity contribution in [2.45, 2.75) is 57.7 Å². The van der Waals surface area contributed by atoms with Gasteiger partial charge in [-0.1, -0.05) is 24.6 Å². The van der Waals surface area contributed by atoms with Crippen molar-refractivity contribution in [3.05, 3.63) is 77.6 Å². The Labute approximate surface area is 194 Å². The second kappa shape index (κ2) is 9.98. The molecule has 1 saturated heterocycles. The van der Waals surface area contributed by atoms with Crippen molar-refractivity contribution in [3.63, 3.8) is 0 Å². The molecule has 2 aliphatic heterocycles. The van der Waals surface area contributed by atoms with Gasteiger partial charge in [0.2, 0.25) is 5.91 Å². The van der Waals surface area contributed by atoms with Crippen LogP contribution >= 0.6 is 0 Å². The van der Waals surface area contributed by atoms with Crippen LogP contribution < -0.4 is 4.74 Å². The van der Waals surface area contributed by atoms with Gasteiger partial charge >= 0.3 is 0 Å². The normalized spacial score (nSPS) is 18.3. The van der Waals surface area contributed by atoms with E-state index >= 15 is 0 Å². The second-order valence-corrected chi connectivity index (χ2v) is 8.68. The summed E-state index contributed by atoms with van der Waals surface area (Å²) in [5.74, 6) is 2.85. The first-order valence-electron chi connectivity index (χ1n) is 11.8. The van der Waals surface area contributed by atoms with Crippen LogP contribution in [0.25, 0.3) is 6.08 Å². The number of likely N-dealkylation sites (tertiary alicyclic amines) is 1. The summed E-state index contributed by atoms with van der Waals surface area (Å²) < 4.78 is 8.07. The lowest BCUT2D eigenvalue weighted by Crippen LogP contribution is -2.30. The molecule has 2 aliphatic rings. The Hall–Kier alpha value is -3.48. The van der Waals surface area contributed by atoms with Crippen molar-refractivity contribution in [1.29, 1.82) is 0 Å². The maximum Gasteiger partial charge on any atom is 0.247 e. The fourth-order valence-electron chi connectivity index (χ4n) is 4.64. The van der Waals surface area contributed by atoms with E-state index in [1.807, 2.05) is 47.4 Å². The van der Waals surface area contributed by atoms with Crippen LogP contribution in [0.3, 0.4) is 0 Å². The minimum absolute atomic E-state index is 0.0183. The van der Waals surface area contributed by atoms with E-state index in [0.29, 0.717) is 6.61 Å². The van der Waals surface area contributed by atoms with Gasteiger partial charge in [-0.25, -0.2) is 0 Å². The zero-order valence-electron chi connectivity index (χ0n) is 18.8. The molecule has 7 nitrogen and oxygen atoms in total. The lowest BCUT2D eigenvalue weighted by atomic mass is 10.2. The molecule has 0 radical (unpaired) electrons. The highest BCUT2D eigenvalue weighted by molar-refractivity contribution is 5.92. The molecule has 0 aliphatic carbocycles. The van der Waals surface area contributed by atoms with Crippen LogP contribution in [0, 0.1) is 0 Å². The van der Waals surface area contributed by atoms with Crippen molar-refractivity contribution >= 4 is 12.0 Å². The molecule has 7 heteroatoms. The highest BCUT2D eigenvalue weighted by Gasteiger charge is 2.33. The number of fused-ring (bicyclic) bond motifs is 1. The second-order valence-electron chi connectivity index (χ2n) is 8.68. The van der Waals surface area contributed by atoms with Crippen molar-refractivity contribution in [2.75, 3.05) is 6.54 Å². The third-order valence-electron chi connectivity index (χ3n) is 6.40. The number of amides is 1. The standard InChI is InChI=1S/C26H29N5O2/c32-25(14-11-20-9-12-22(13-10-20)33-19-21-6-4-15-27-18-21)30-17-5-7-23(30)26-29-28-24-8-2-1-3-16-31(24)26/h4,6,9-15,18,23H,1-3,5,7-8,16-17,19H2/b14-11+. The van der Waals surface area contributed by atoms with Crippen molar-refractivity contribution in [3.8, 4) is 5.75 Å². The topological polar surface area (TPSA) is 73.1 Å². The van der Waals surface area contributed by atoms with Gasteiger partial charge in [-0.2, -0.15) is 0 Å². The summed E-state index contributed by atoms with van der Waals surface area (Å²) in [7, 11) is 0. The predicted octanol–water partition coefficient (Wildman–Crippen LogP) is 4.36. The zero-order chi connectivity index (χ0) is 22.5. The third kappa shape index (κ3) is 4.97. The molecule has 1 amide bonds. The summed E-state index contributed by atoms with van der Waals surface area (Å²) in [6.45, 7) is 2.20. The van der Waals surface area contributed by atoms with Crippen LogP contribution in [-0.2, 0) is 24.4 Å². The number of aryl methyl sites for hydroxylation is 1. The summed E-state index contributed by atoms with van der Waals surface area (Å²) in [5.41, 5.74) is 1.99. The van der Waals surface area contributed by atoms with Crippen LogP contribution in [0.5, 0.6) is 5.75 Å². The van der Waals surface area contributed by atoms with Gasteiger partial charge in [0.25, 0.3) is 0 Å². The van der Waals surface area contributed by atoms with Gasteiger partial charge in [0, 0.05) is 43.5 Å². The maximum atomic E-state index is 13.0. The Kier molecular flexibility index (Phi) is 6.46. The minimum Gasteiger partial charge on any atom is -0.489 e. The Morgan fingerprint density at radius 3 is 2.82 bits per heavy atom. The SMILES string of the molecule is O=C(/C=C/c1ccc(OCc2cccnc2)cc1)N1CCCC1c1nnc2n1CCCCC2. The van der Waals surface area contributed by atoms with Crippen LogP contribution in [-0.4, -0.2) is 37.1 Å². The van der Waals surface area contributed by atoms with Crippen LogP contribution in [0.2, 0.25) is 0 Å². The zero-order valence-corrected chi connectivity index (χ0v) is 18.8. The van der Waals surface area contributed by atoms with E-state index in [2.05, 4.69) is 19.7 Å². The molecule has 2 aromatic heterocycles. The molecule has 1 fully saturated rings. The van der Waals surface area contributed by atoms with E-state index in [1.165, 1.54) is 12.8 Å². The molecule has 5 rings (SSSR count). The lowest BCUT2D eigenvalue weighted by molar-refractivity contribution is -0.127. The Bertz CT molecular complexity index is 1110. The van der Waals surface area contributed by atoms with Crippen molar-refractivity contribution in [1.82, 2.24) is 24.6 Å². The molecule has 0 bridgehead atoms. The highest BCUT2D eigenvalue weighted by atomic mass is 16.5. The number of carbonyl (C=O) groups excluding carboxylic acids is 1. The number of benzene rings is 1. The average Bonchev–Trinajstić information content (AvgIpc) is 3.43. The summed E-state index contributed by atoms with van der Waals surface area (Å²) in [4.78, 5) is 19.1. The molecule has 1 atom stereocenters. The van der Waals surface area contributed by atoms with Gasteiger partial charge in [0.1, 0.15) is 18.2 Å². The monoisotopic (exact) mass is 443 g/mol. The Balaban J connectivity index is 1.22. The van der Waals surface area contributed by atoms with E-state index in [9.17, 15) is 4.79 Å². The Morgan fingerprint density at radius 1 is 1.06 bits per heavy atom. The van der Waals surface area contributed by atoms with Gasteiger partial charge in [0.15, 0.2) is 5.82 Å². The number of carbonyl (C=O) groups is 1. The molecular formula is C26H29N5O2. The van der Waals surface area contributed by atoms with E-state index < -0.39 is 0 Å². The molecule has 0 spiro atoms. The highest BCUT2D eigenvalue weighted by Crippen LogP contribution is 2.32. The summed E-state index contributed by atoms with van der Waals surface area (Å²) in [6, 6.07) is 11.7. The predicted molar refractivity (Wildman–Crippen MR) is 125 cm³/mol. The number of nitrogens with zero attached hydrogens (tertiary/aromatic N) is 5. The van der Waals surface area contributed by atoms with E-state index in [4.69, 9.17) is 4.74 Å². The number of hydrogen-bond acceptors (Lipinski definition) is 5. The summed E-state index contributed by atoms with van der Waals surface area (Å²) >= 11 is 0. The number of ether oxygens (including phenoxy) is 1. The van der Waals surface area contributed by atoms with E-state index in [0.717, 1.165) is 67.3 Å². The van der Waals surface area contributed by atoms with Crippen LogP contribution in [0.15, 0.2) is 54.9 Å². The molecule has 1 unspecified atom stereocenters. The molecule has 4 heterocycles. The van der Waals surface area contributed by atoms with Crippen LogP contribution in [0.4, 0.5) is 0 Å². The van der Waals surface area contributed by atoms with E-state index in [-0.39, 0.29) is 11.9 Å². The number of aromatic nitrogens is 4. The lowest BCUT2D eigenvalue weighted by Gasteiger charge is -2.23. The molecule has 170 valence electrons. The maximum absolute atomic E-state index is 13.0. The molecule has 3 aromatic rings. The first-order valence-corrected chi connectivity index (χ1v) is 11.8. The smallest absolute Gasteiger partial charge is 0.247 e. The molecule has 33 heavy (non-hydrogen) atoms. The van der Waals surface area contributed by atoms with Gasteiger partial charge in [-0.15, -0.1) is 10.2 Å². The number of hydrogen-bond donors (Lipinski definition) is 0. The quantitative estimate of drug-likeness (QED) is 0.530. The first-order chi connectivity index (χ1) is 16.3. The fourth-order valence-corrected chi connectivity index (χ4v) is 4.64. The van der Waals surface area contributed by atoms with Crippen molar-refractivity contribution < 1.29 is 9.53 Å². The fraction of sp³-hybridized carbons (Fsp3) is 0.385. The van der Waals surface area contributed by atoms with Crippen LogP contribution in [0.1, 0.15) is 60.9 Å². The largest absolute Gasteiger partial charge is 0.489 e. The van der Waals surface area contributed by atoms with Gasteiger partial charge < -0.3 is 14.2 Å². The van der Waals surface area contributed by atoms with E-state index in [1.54, 1.807) is 18.5 Å². The average molecular weight is 444 g/mol. The molecule has 0 N–H and O–H groups in total. The third-order valence-corrected chi connectivity index (χ3v) is 6.40. The van der Waals surface area contributed by atoms with Gasteiger partial charge in [-0.05, 0) is 55.5 Å². The first kappa shape index (κ1) is 21.4. The number of rotatable bonds is 6. The van der Waals surface area contributed by atoms with Gasteiger partial charge in [-0.3, -0.25) is 9.78 Å². The van der Waals surface area contributed by atoms with Crippen molar-refractivity contribution in [2.24, 2.45) is 0 Å². The minimum atomic E-state index is 0.0183.